The van der Waals surface area contributed by atoms with Gasteiger partial charge in [-0.1, -0.05) is 45.9 Å². The van der Waals surface area contributed by atoms with Crippen molar-refractivity contribution in [3.63, 3.8) is 0 Å². The van der Waals surface area contributed by atoms with Crippen LogP contribution in [-0.2, 0) is 48.0 Å². The molecule has 18 heteroatoms. The van der Waals surface area contributed by atoms with Gasteiger partial charge in [-0.3, -0.25) is 18.9 Å². The minimum Gasteiger partial charge on any atom is -0.461 e. The van der Waals surface area contributed by atoms with Crippen LogP contribution in [0.15, 0.2) is 48.8 Å². The zero-order chi connectivity index (χ0) is 37.8. The van der Waals surface area contributed by atoms with Gasteiger partial charge in [0.15, 0.2) is 17.5 Å². The summed E-state index contributed by atoms with van der Waals surface area (Å²) in [6.07, 6.45) is -0.599. The molecule has 0 unspecified atom stereocenters. The van der Waals surface area contributed by atoms with Gasteiger partial charge in [0, 0.05) is 0 Å². The number of hydrogen-bond donors (Lipinski definition) is 3. The van der Waals surface area contributed by atoms with Crippen molar-refractivity contribution in [2.24, 2.45) is 11.8 Å². The van der Waals surface area contributed by atoms with Crippen LogP contribution in [0.2, 0.25) is 0 Å². The molecule has 0 saturated carbocycles. The Balaban J connectivity index is 1.79. The topological polar surface area (TPSA) is 212 Å². The second kappa shape index (κ2) is 15.6. The van der Waals surface area contributed by atoms with E-state index in [1.807, 2.05) is 0 Å². The summed E-state index contributed by atoms with van der Waals surface area (Å²) in [7, 11) is -4.64. The summed E-state index contributed by atoms with van der Waals surface area (Å²) < 4.78 is 66.2. The minimum absolute atomic E-state index is 0.0620. The maximum absolute atomic E-state index is 15.7. The molecule has 16 nitrogen and oxygen atoms in total. The number of hydrogen-bond acceptors (Lipinski definition) is 14. The number of carbonyl (C=O) groups is 3. The number of benzene rings is 1. The predicted octanol–water partition coefficient (Wildman–Crippen LogP) is 3.51. The fourth-order valence-electron chi connectivity index (χ4n) is 5.03. The fraction of sp³-hybridized carbons (Fsp3) is 0.545. The third-order valence-corrected chi connectivity index (χ3v) is 9.42. The molecule has 0 bridgehead atoms. The highest BCUT2D eigenvalue weighted by molar-refractivity contribution is 7.52. The van der Waals surface area contributed by atoms with Crippen molar-refractivity contribution in [1.29, 1.82) is 0 Å². The van der Waals surface area contributed by atoms with E-state index < -0.39 is 86.3 Å². The van der Waals surface area contributed by atoms with E-state index >= 15 is 4.39 Å². The third kappa shape index (κ3) is 9.02. The highest BCUT2D eigenvalue weighted by Gasteiger charge is 2.66. The number of aliphatic hydroxyl groups is 1. The van der Waals surface area contributed by atoms with Crippen molar-refractivity contribution in [2.75, 3.05) is 32.2 Å². The number of nitrogens with one attached hydrogen (secondary N) is 1. The van der Waals surface area contributed by atoms with Crippen molar-refractivity contribution in [3.8, 4) is 5.75 Å². The van der Waals surface area contributed by atoms with Crippen LogP contribution < -0.4 is 15.3 Å². The van der Waals surface area contributed by atoms with E-state index in [9.17, 15) is 24.1 Å². The first kappa shape index (κ1) is 39.6. The quantitative estimate of drug-likeness (QED) is 0.109. The predicted molar refractivity (Wildman–Crippen MR) is 180 cm³/mol. The largest absolute Gasteiger partial charge is 0.461 e. The van der Waals surface area contributed by atoms with Gasteiger partial charge in [-0.25, -0.2) is 18.5 Å². The number of para-hydroxylation sites is 1. The molecule has 3 aromatic rings. The normalized spacial score (nSPS) is 22.5. The number of ether oxygens (including phenoxy) is 4. The van der Waals surface area contributed by atoms with E-state index in [4.69, 9.17) is 33.7 Å². The maximum atomic E-state index is 15.7. The Kier molecular flexibility index (Phi) is 12.1. The van der Waals surface area contributed by atoms with Gasteiger partial charge in [-0.05, 0) is 45.0 Å². The second-order valence-corrected chi connectivity index (χ2v) is 15.2. The highest BCUT2D eigenvalue weighted by Crippen LogP contribution is 2.51. The smallest absolute Gasteiger partial charge is 0.459 e. The van der Waals surface area contributed by atoms with Crippen LogP contribution >= 0.6 is 7.75 Å². The van der Waals surface area contributed by atoms with Crippen LogP contribution in [0.4, 0.5) is 10.2 Å². The van der Waals surface area contributed by atoms with Crippen LogP contribution in [0.5, 0.6) is 5.75 Å². The molecule has 0 amide bonds. The summed E-state index contributed by atoms with van der Waals surface area (Å²) in [6, 6.07) is 9.55. The molecular weight excluding hydrogens is 692 g/mol. The van der Waals surface area contributed by atoms with Crippen LogP contribution in [0.3, 0.4) is 0 Å². The third-order valence-electron chi connectivity index (χ3n) is 7.80. The number of aromatic nitrogens is 3. The van der Waals surface area contributed by atoms with Crippen molar-refractivity contribution in [2.45, 2.75) is 77.4 Å². The van der Waals surface area contributed by atoms with Crippen LogP contribution in [0.25, 0.3) is 5.52 Å². The number of carbonyl (C=O) groups excluding carboxylic acids is 3. The average molecular weight is 738 g/mol. The van der Waals surface area contributed by atoms with E-state index in [2.05, 4.69) is 15.2 Å². The van der Waals surface area contributed by atoms with Gasteiger partial charge in [0.25, 0.3) is 0 Å². The Morgan fingerprint density at radius 2 is 1.76 bits per heavy atom. The first-order chi connectivity index (χ1) is 23.9. The lowest BCUT2D eigenvalue weighted by molar-refractivity contribution is -0.195. The molecule has 0 spiro atoms. The Morgan fingerprint density at radius 3 is 2.37 bits per heavy atom. The standard InChI is InChI=1S/C33H45FN5O11P/c1-20(2)27(40)48-30-32(15-34,46-18-33(30,49-28(41)21(3)4)25-14-13-24-26(35)36-19-37-39(24)25)17-47-51(44,50-23-11-9-8-10-12-23)38-22(5)29(42)45-16-31(6,7)43/h8-14,19-22,30,43H,15-18H2,1-7H3,(H,38,44)(H2,35,36,37)/t22-,30+,32+,33-,51+/m0/s1. The summed E-state index contributed by atoms with van der Waals surface area (Å²) >= 11 is 0. The molecule has 1 aliphatic rings. The summed E-state index contributed by atoms with van der Waals surface area (Å²) in [4.78, 5) is 43.4. The number of anilines is 1. The lowest BCUT2D eigenvalue weighted by Crippen LogP contribution is -2.57. The molecule has 1 fully saturated rings. The van der Waals surface area contributed by atoms with Gasteiger partial charge < -0.3 is 34.3 Å². The zero-order valence-corrected chi connectivity index (χ0v) is 30.4. The van der Waals surface area contributed by atoms with Crippen LogP contribution in [0.1, 0.15) is 54.2 Å². The number of esters is 3. The molecule has 4 N–H and O–H groups in total. The van der Waals surface area contributed by atoms with E-state index in [1.54, 1.807) is 52.0 Å². The zero-order valence-electron chi connectivity index (χ0n) is 29.5. The summed E-state index contributed by atoms with van der Waals surface area (Å²) in [5, 5.41) is 16.7. The molecule has 1 aromatic carbocycles. The van der Waals surface area contributed by atoms with Gasteiger partial charge >= 0.3 is 25.7 Å². The Bertz CT molecular complexity index is 1750. The molecule has 1 saturated heterocycles. The van der Waals surface area contributed by atoms with E-state index in [0.717, 1.165) is 6.33 Å². The summed E-state index contributed by atoms with van der Waals surface area (Å²) in [6.45, 7) is 7.21. The molecule has 1 aliphatic heterocycles. The first-order valence-electron chi connectivity index (χ1n) is 16.2. The van der Waals surface area contributed by atoms with Crippen molar-refractivity contribution < 1.29 is 56.4 Å². The lowest BCUT2D eigenvalue weighted by atomic mass is 9.85. The van der Waals surface area contributed by atoms with Gasteiger partial charge in [-0.15, -0.1) is 0 Å². The SMILES string of the molecule is CC(C)C(=O)O[C@@H]1[C@@](CF)(CO[P@](=O)(N[C@@H](C)C(=O)OCC(C)(C)O)Oc2ccccc2)OC[C@]1(OC(=O)C(C)C)c1ccc2c(N)ncnn12. The lowest BCUT2D eigenvalue weighted by Gasteiger charge is -2.39. The van der Waals surface area contributed by atoms with Crippen molar-refractivity contribution >= 4 is 37.0 Å². The van der Waals surface area contributed by atoms with Gasteiger partial charge in [0.05, 0.1) is 36.3 Å². The molecule has 51 heavy (non-hydrogen) atoms. The van der Waals surface area contributed by atoms with Crippen LogP contribution in [0, 0.1) is 11.8 Å². The summed E-state index contributed by atoms with van der Waals surface area (Å²) in [5.74, 6) is -3.71. The molecule has 0 aliphatic carbocycles. The van der Waals surface area contributed by atoms with E-state index in [-0.39, 0.29) is 23.9 Å². The van der Waals surface area contributed by atoms with Crippen molar-refractivity contribution in [3.05, 3.63) is 54.5 Å². The highest BCUT2D eigenvalue weighted by atomic mass is 31.2. The van der Waals surface area contributed by atoms with Gasteiger partial charge in [0.2, 0.25) is 5.60 Å². The van der Waals surface area contributed by atoms with Gasteiger partial charge in [-0.2, -0.15) is 10.2 Å². The number of nitrogens with two attached hydrogens (primary N) is 1. The Morgan fingerprint density at radius 1 is 1.10 bits per heavy atom. The Hall–Kier alpha value is -4.15. The maximum Gasteiger partial charge on any atom is 0.459 e. The Labute approximate surface area is 294 Å². The monoisotopic (exact) mass is 737 g/mol. The fourth-order valence-corrected chi connectivity index (χ4v) is 6.58. The summed E-state index contributed by atoms with van der Waals surface area (Å²) in [5.41, 5.74) is 0.847. The number of nitrogen functional groups attached to an aromatic ring is 1. The molecule has 5 atom stereocenters. The molecule has 0 radical (unpaired) electrons. The first-order valence-corrected chi connectivity index (χ1v) is 17.8. The number of alkyl halides is 1. The van der Waals surface area contributed by atoms with E-state index in [0.29, 0.717) is 5.52 Å². The second-order valence-electron chi connectivity index (χ2n) is 13.5. The van der Waals surface area contributed by atoms with Crippen LogP contribution in [-0.4, -0.2) is 87.5 Å². The number of halogens is 1. The van der Waals surface area contributed by atoms with Crippen molar-refractivity contribution in [1.82, 2.24) is 19.7 Å². The van der Waals surface area contributed by atoms with Gasteiger partial charge in [0.1, 0.15) is 36.9 Å². The average Bonchev–Trinajstić information content (AvgIpc) is 3.64. The number of nitrogens with zero attached hydrogens (tertiary/aromatic N) is 3. The number of rotatable bonds is 16. The minimum atomic E-state index is -4.64. The number of fused-ring (bicyclic) bond motifs is 1. The molecular formula is C33H45FN5O11P. The van der Waals surface area contributed by atoms with E-state index in [1.165, 1.54) is 43.5 Å². The molecule has 280 valence electrons. The molecule has 3 heterocycles. The molecule has 4 rings (SSSR count). The molecule has 2 aromatic heterocycles.